The Labute approximate surface area is 101 Å². The van der Waals surface area contributed by atoms with Crippen LogP contribution in [0.15, 0.2) is 24.3 Å². The van der Waals surface area contributed by atoms with E-state index in [1.165, 1.54) is 0 Å². The van der Waals surface area contributed by atoms with Crippen LogP contribution in [-0.4, -0.2) is 44.2 Å². The van der Waals surface area contributed by atoms with Crippen LogP contribution in [0.1, 0.15) is 0 Å². The minimum absolute atomic E-state index is 0.663. The van der Waals surface area contributed by atoms with E-state index in [0.29, 0.717) is 6.04 Å². The molecule has 1 aromatic carbocycles. The highest BCUT2D eigenvalue weighted by Crippen LogP contribution is 2.15. The summed E-state index contributed by atoms with van der Waals surface area (Å²) < 4.78 is 5.62. The van der Waals surface area contributed by atoms with Crippen LogP contribution in [0.4, 0.5) is 0 Å². The van der Waals surface area contributed by atoms with E-state index in [4.69, 9.17) is 16.3 Å². The normalized spacial score (nSPS) is 17.1. The van der Waals surface area contributed by atoms with Gasteiger partial charge < -0.3 is 10.1 Å². The number of likely N-dealkylation sites (N-methyl/N-ethyl adjacent to an activating group) is 1. The first-order valence-corrected chi connectivity index (χ1v) is 5.93. The molecule has 0 aliphatic carbocycles. The molecule has 0 unspecified atom stereocenters. The van der Waals surface area contributed by atoms with Gasteiger partial charge in [0.05, 0.1) is 0 Å². The van der Waals surface area contributed by atoms with Crippen molar-refractivity contribution in [3.63, 3.8) is 0 Å². The number of ether oxygens (including phenoxy) is 1. The second-order valence-corrected chi connectivity index (χ2v) is 4.48. The summed E-state index contributed by atoms with van der Waals surface area (Å²) in [5.74, 6) is 0.884. The average molecular weight is 241 g/mol. The molecular formula is C12H17ClN2O. The van der Waals surface area contributed by atoms with Gasteiger partial charge in [-0.1, -0.05) is 11.6 Å². The van der Waals surface area contributed by atoms with Crippen molar-refractivity contribution in [2.75, 3.05) is 33.3 Å². The Hall–Kier alpha value is -0.770. The summed E-state index contributed by atoms with van der Waals surface area (Å²) in [6.45, 7) is 3.97. The highest BCUT2D eigenvalue weighted by atomic mass is 35.5. The molecule has 0 bridgehead atoms. The molecule has 1 N–H and O–H groups in total. The van der Waals surface area contributed by atoms with Crippen molar-refractivity contribution in [1.29, 1.82) is 0 Å². The molecule has 1 saturated heterocycles. The number of likely N-dealkylation sites (tertiary alicyclic amines) is 1. The zero-order chi connectivity index (χ0) is 11.4. The summed E-state index contributed by atoms with van der Waals surface area (Å²) in [5.41, 5.74) is 0. The molecule has 0 radical (unpaired) electrons. The summed E-state index contributed by atoms with van der Waals surface area (Å²) >= 11 is 5.79. The number of nitrogens with one attached hydrogen (secondary N) is 1. The molecule has 1 aliphatic rings. The van der Waals surface area contributed by atoms with Gasteiger partial charge in [0.1, 0.15) is 12.4 Å². The smallest absolute Gasteiger partial charge is 0.119 e. The quantitative estimate of drug-likeness (QED) is 0.847. The molecule has 1 fully saturated rings. The zero-order valence-corrected chi connectivity index (χ0v) is 10.2. The second-order valence-electron chi connectivity index (χ2n) is 4.05. The highest BCUT2D eigenvalue weighted by molar-refractivity contribution is 6.30. The molecule has 1 heterocycles. The van der Waals surface area contributed by atoms with Crippen molar-refractivity contribution in [2.24, 2.45) is 0 Å². The van der Waals surface area contributed by atoms with Gasteiger partial charge in [0, 0.05) is 30.7 Å². The Morgan fingerprint density at radius 3 is 2.69 bits per heavy atom. The molecule has 0 atom stereocenters. The Morgan fingerprint density at radius 1 is 1.38 bits per heavy atom. The monoisotopic (exact) mass is 240 g/mol. The number of nitrogens with zero attached hydrogens (tertiary/aromatic N) is 1. The molecule has 3 nitrogen and oxygen atoms in total. The van der Waals surface area contributed by atoms with Crippen molar-refractivity contribution in [3.05, 3.63) is 29.3 Å². The molecule has 0 aromatic heterocycles. The van der Waals surface area contributed by atoms with Gasteiger partial charge >= 0.3 is 0 Å². The molecule has 88 valence electrons. The fraction of sp³-hybridized carbons (Fsp3) is 0.500. The van der Waals surface area contributed by atoms with E-state index in [1.54, 1.807) is 0 Å². The largest absolute Gasteiger partial charge is 0.492 e. The van der Waals surface area contributed by atoms with Crippen molar-refractivity contribution in [1.82, 2.24) is 10.2 Å². The van der Waals surface area contributed by atoms with Gasteiger partial charge in [-0.3, -0.25) is 4.90 Å². The van der Waals surface area contributed by atoms with E-state index in [-0.39, 0.29) is 0 Å². The van der Waals surface area contributed by atoms with E-state index in [2.05, 4.69) is 10.2 Å². The molecule has 0 saturated carbocycles. The maximum absolute atomic E-state index is 5.79. The molecular weight excluding hydrogens is 224 g/mol. The predicted octanol–water partition coefficient (Wildman–Crippen LogP) is 1.62. The van der Waals surface area contributed by atoms with Crippen LogP contribution in [0, 0.1) is 0 Å². The lowest BCUT2D eigenvalue weighted by Crippen LogP contribution is -2.57. The molecule has 0 amide bonds. The summed E-state index contributed by atoms with van der Waals surface area (Å²) in [6.07, 6.45) is 0. The minimum atomic E-state index is 0.663. The van der Waals surface area contributed by atoms with E-state index in [1.807, 2.05) is 31.3 Å². The summed E-state index contributed by atoms with van der Waals surface area (Å²) in [7, 11) is 2.01. The third-order valence-corrected chi connectivity index (χ3v) is 3.11. The maximum Gasteiger partial charge on any atom is 0.119 e. The topological polar surface area (TPSA) is 24.5 Å². The van der Waals surface area contributed by atoms with E-state index >= 15 is 0 Å². The van der Waals surface area contributed by atoms with Gasteiger partial charge in [0.25, 0.3) is 0 Å². The summed E-state index contributed by atoms with van der Waals surface area (Å²) in [4.78, 5) is 2.37. The Morgan fingerprint density at radius 2 is 2.06 bits per heavy atom. The Bertz CT molecular complexity index is 322. The van der Waals surface area contributed by atoms with Crippen LogP contribution in [-0.2, 0) is 0 Å². The lowest BCUT2D eigenvalue weighted by molar-refractivity contribution is 0.109. The number of rotatable bonds is 5. The predicted molar refractivity (Wildman–Crippen MR) is 66.2 cm³/mol. The first-order valence-electron chi connectivity index (χ1n) is 5.56. The van der Waals surface area contributed by atoms with Crippen molar-refractivity contribution in [3.8, 4) is 5.75 Å². The Kier molecular flexibility index (Phi) is 4.04. The fourth-order valence-corrected chi connectivity index (χ4v) is 1.88. The molecule has 4 heteroatoms. The first-order chi connectivity index (χ1) is 7.78. The van der Waals surface area contributed by atoms with Crippen molar-refractivity contribution >= 4 is 11.6 Å². The average Bonchev–Trinajstić information content (AvgIpc) is 2.24. The van der Waals surface area contributed by atoms with Crippen LogP contribution in [0.5, 0.6) is 5.75 Å². The molecule has 2 rings (SSSR count). The minimum Gasteiger partial charge on any atom is -0.492 e. The van der Waals surface area contributed by atoms with Gasteiger partial charge in [0.15, 0.2) is 0 Å². The zero-order valence-electron chi connectivity index (χ0n) is 9.45. The number of halogens is 1. The van der Waals surface area contributed by atoms with Crippen LogP contribution in [0.3, 0.4) is 0 Å². The third kappa shape index (κ3) is 3.11. The number of hydrogen-bond donors (Lipinski definition) is 1. The SMILES string of the molecule is CNC1CN(CCOc2ccc(Cl)cc2)C1. The maximum atomic E-state index is 5.79. The number of hydrogen-bond acceptors (Lipinski definition) is 3. The van der Waals surface area contributed by atoms with E-state index in [9.17, 15) is 0 Å². The summed E-state index contributed by atoms with van der Waals surface area (Å²) in [6, 6.07) is 8.15. The second kappa shape index (κ2) is 5.53. The Balaban J connectivity index is 1.63. The van der Waals surface area contributed by atoms with Gasteiger partial charge in [-0.25, -0.2) is 0 Å². The van der Waals surface area contributed by atoms with E-state index in [0.717, 1.165) is 37.0 Å². The highest BCUT2D eigenvalue weighted by Gasteiger charge is 2.24. The number of benzene rings is 1. The molecule has 0 spiro atoms. The van der Waals surface area contributed by atoms with Gasteiger partial charge in [0.2, 0.25) is 0 Å². The fourth-order valence-electron chi connectivity index (χ4n) is 1.76. The van der Waals surface area contributed by atoms with Gasteiger partial charge in [-0.2, -0.15) is 0 Å². The van der Waals surface area contributed by atoms with Crippen LogP contribution in [0.2, 0.25) is 5.02 Å². The van der Waals surface area contributed by atoms with Gasteiger partial charge in [-0.05, 0) is 31.3 Å². The molecule has 16 heavy (non-hydrogen) atoms. The first kappa shape index (κ1) is 11.7. The van der Waals surface area contributed by atoms with Crippen molar-refractivity contribution < 1.29 is 4.74 Å². The van der Waals surface area contributed by atoms with Crippen LogP contribution >= 0.6 is 11.6 Å². The van der Waals surface area contributed by atoms with E-state index < -0.39 is 0 Å². The summed E-state index contributed by atoms with van der Waals surface area (Å²) in [5, 5.41) is 3.99. The van der Waals surface area contributed by atoms with Crippen LogP contribution in [0.25, 0.3) is 0 Å². The van der Waals surface area contributed by atoms with Gasteiger partial charge in [-0.15, -0.1) is 0 Å². The third-order valence-electron chi connectivity index (χ3n) is 2.86. The van der Waals surface area contributed by atoms with Crippen molar-refractivity contribution in [2.45, 2.75) is 6.04 Å². The standard InChI is InChI=1S/C12H17ClN2O/c1-14-11-8-15(9-11)6-7-16-12-4-2-10(13)3-5-12/h2-5,11,14H,6-9H2,1H3. The lowest BCUT2D eigenvalue weighted by Gasteiger charge is -2.38. The lowest BCUT2D eigenvalue weighted by atomic mass is 10.1. The molecule has 1 aromatic rings. The molecule has 1 aliphatic heterocycles. The van der Waals surface area contributed by atoms with Crippen LogP contribution < -0.4 is 10.1 Å².